The van der Waals surface area contributed by atoms with Crippen molar-refractivity contribution in [2.45, 2.75) is 33.3 Å². The molecule has 2 rings (SSSR count). The highest BCUT2D eigenvalue weighted by Crippen LogP contribution is 2.23. The number of esters is 1. The molecule has 0 spiro atoms. The normalized spacial score (nSPS) is 12.1. The number of anilines is 1. The molecule has 0 atom stereocenters. The maximum Gasteiger partial charge on any atom is 0.325 e. The van der Waals surface area contributed by atoms with Crippen molar-refractivity contribution < 1.29 is 18.7 Å². The number of aryl methyl sites for hydroxylation is 1. The van der Waals surface area contributed by atoms with Crippen LogP contribution in [0.25, 0.3) is 11.0 Å². The van der Waals surface area contributed by atoms with Crippen LogP contribution in [-0.4, -0.2) is 24.0 Å². The molecule has 4 N–H and O–H groups in total. The Hall–Kier alpha value is -3.47. The number of hydrogen-bond donors (Lipinski definition) is 3. The van der Waals surface area contributed by atoms with Crippen molar-refractivity contribution in [3.63, 3.8) is 0 Å². The largest absolute Gasteiger partial charge is 0.461 e. The van der Waals surface area contributed by atoms with Gasteiger partial charge < -0.3 is 25.5 Å². The number of nitrogens with zero attached hydrogens (tertiary/aromatic N) is 1. The number of ether oxygens (including phenoxy) is 1. The summed E-state index contributed by atoms with van der Waals surface area (Å²) in [5.74, 6) is -0.738. The number of hydrogen-bond acceptors (Lipinski definition) is 7. The first-order valence-corrected chi connectivity index (χ1v) is 8.26. The molecule has 2 aromatic rings. The van der Waals surface area contributed by atoms with Crippen LogP contribution >= 0.6 is 0 Å². The van der Waals surface area contributed by atoms with Crippen molar-refractivity contribution in [1.29, 1.82) is 5.26 Å². The molecule has 0 fully saturated rings. The zero-order chi connectivity index (χ0) is 20.2. The summed E-state index contributed by atoms with van der Waals surface area (Å²) in [6, 6.07) is 8.86. The van der Waals surface area contributed by atoms with Crippen LogP contribution in [0.3, 0.4) is 0 Å². The molecule has 0 aliphatic rings. The van der Waals surface area contributed by atoms with Crippen molar-refractivity contribution in [3.05, 3.63) is 41.4 Å². The molecule has 27 heavy (non-hydrogen) atoms. The van der Waals surface area contributed by atoms with Gasteiger partial charge >= 0.3 is 5.97 Å². The molecule has 0 aliphatic carbocycles. The minimum absolute atomic E-state index is 0.126. The highest BCUT2D eigenvalue weighted by Gasteiger charge is 2.19. The van der Waals surface area contributed by atoms with Crippen LogP contribution in [0.2, 0.25) is 0 Å². The van der Waals surface area contributed by atoms with E-state index in [4.69, 9.17) is 14.9 Å². The van der Waals surface area contributed by atoms with Gasteiger partial charge in [0.1, 0.15) is 35.4 Å². The Morgan fingerprint density at radius 1 is 1.30 bits per heavy atom. The molecular weight excluding hydrogens is 348 g/mol. The molecule has 0 radical (unpaired) electrons. The Kier molecular flexibility index (Phi) is 5.75. The van der Waals surface area contributed by atoms with Crippen LogP contribution < -0.4 is 16.4 Å². The maximum atomic E-state index is 12.2. The summed E-state index contributed by atoms with van der Waals surface area (Å²) >= 11 is 0. The summed E-state index contributed by atoms with van der Waals surface area (Å²) in [5.41, 5.74) is 6.18. The molecule has 0 unspecified atom stereocenters. The first kappa shape index (κ1) is 19.8. The van der Waals surface area contributed by atoms with Crippen molar-refractivity contribution in [1.82, 2.24) is 5.32 Å². The molecule has 1 aromatic heterocycles. The summed E-state index contributed by atoms with van der Waals surface area (Å²) in [6.45, 7) is 6.62. The quantitative estimate of drug-likeness (QED) is 0.418. The predicted molar refractivity (Wildman–Crippen MR) is 100 cm³/mol. The number of furan rings is 1. The van der Waals surface area contributed by atoms with Gasteiger partial charge in [0, 0.05) is 11.1 Å². The Labute approximate surface area is 157 Å². The molecular formula is C19H22N4O4. The molecule has 0 saturated heterocycles. The average molecular weight is 370 g/mol. The van der Waals surface area contributed by atoms with Gasteiger partial charge in [-0.2, -0.15) is 5.26 Å². The van der Waals surface area contributed by atoms with E-state index in [0.717, 1.165) is 16.7 Å². The number of amides is 1. The second-order valence-corrected chi connectivity index (χ2v) is 6.90. The van der Waals surface area contributed by atoms with Crippen molar-refractivity contribution >= 4 is 28.5 Å². The summed E-state index contributed by atoms with van der Waals surface area (Å²) in [6.07, 6.45) is 0. The summed E-state index contributed by atoms with van der Waals surface area (Å²) in [4.78, 5) is 23.8. The monoisotopic (exact) mass is 370 g/mol. The summed E-state index contributed by atoms with van der Waals surface area (Å²) in [5, 5.41) is 15.3. The van der Waals surface area contributed by atoms with Crippen LogP contribution in [0.4, 0.5) is 5.69 Å². The van der Waals surface area contributed by atoms with Gasteiger partial charge in [-0.1, -0.05) is 0 Å². The number of carbonyl (C=O) groups excluding carboxylic acids is 2. The third-order valence-electron chi connectivity index (χ3n) is 3.34. The molecule has 8 nitrogen and oxygen atoms in total. The number of fused-ring (bicyclic) bond motifs is 1. The molecule has 1 heterocycles. The van der Waals surface area contributed by atoms with Gasteiger partial charge in [-0.3, -0.25) is 9.59 Å². The van der Waals surface area contributed by atoms with Crippen LogP contribution in [-0.2, 0) is 14.3 Å². The Balaban J connectivity index is 2.08. The average Bonchev–Trinajstić information content (AvgIpc) is 2.91. The standard InChI is InChI=1S/C19H22N4O4/c1-11-7-12-8-13(5-6-15(12)26-11)23-17(21)14(9-20)18(25)22-10-16(24)27-19(2,3)4/h5-8,23H,10,21H2,1-4H3,(H,22,25)/b17-14+. The van der Waals surface area contributed by atoms with Crippen LogP contribution in [0.15, 0.2) is 40.1 Å². The van der Waals surface area contributed by atoms with Crippen molar-refractivity contribution in [2.24, 2.45) is 5.73 Å². The first-order chi connectivity index (χ1) is 12.6. The van der Waals surface area contributed by atoms with E-state index in [2.05, 4.69) is 10.6 Å². The second kappa shape index (κ2) is 7.83. The Bertz CT molecular complexity index is 945. The van der Waals surface area contributed by atoms with Crippen LogP contribution in [0, 0.1) is 18.3 Å². The molecule has 0 aliphatic heterocycles. The summed E-state index contributed by atoms with van der Waals surface area (Å²) < 4.78 is 10.6. The van der Waals surface area contributed by atoms with E-state index >= 15 is 0 Å². The zero-order valence-corrected chi connectivity index (χ0v) is 15.7. The van der Waals surface area contributed by atoms with Gasteiger partial charge in [0.2, 0.25) is 0 Å². The molecule has 8 heteroatoms. The summed E-state index contributed by atoms with van der Waals surface area (Å²) in [7, 11) is 0. The third-order valence-corrected chi connectivity index (χ3v) is 3.34. The molecule has 1 amide bonds. The van der Waals surface area contributed by atoms with Crippen LogP contribution in [0.5, 0.6) is 0 Å². The second-order valence-electron chi connectivity index (χ2n) is 6.90. The van der Waals surface area contributed by atoms with Crippen LogP contribution in [0.1, 0.15) is 26.5 Å². The van der Waals surface area contributed by atoms with E-state index in [1.165, 1.54) is 0 Å². The van der Waals surface area contributed by atoms with Crippen molar-refractivity contribution in [2.75, 3.05) is 11.9 Å². The van der Waals surface area contributed by atoms with Gasteiger partial charge in [0.05, 0.1) is 0 Å². The highest BCUT2D eigenvalue weighted by molar-refractivity contribution is 5.99. The van der Waals surface area contributed by atoms with E-state index in [-0.39, 0.29) is 17.9 Å². The SMILES string of the molecule is Cc1cc2cc(N/C(N)=C(\C#N)C(=O)NCC(=O)OC(C)(C)C)ccc2o1. The number of nitrogens with two attached hydrogens (primary N) is 1. The van der Waals surface area contributed by atoms with Gasteiger partial charge in [0.25, 0.3) is 5.91 Å². The van der Waals surface area contributed by atoms with Gasteiger partial charge in [-0.15, -0.1) is 0 Å². The van der Waals surface area contributed by atoms with Crippen molar-refractivity contribution in [3.8, 4) is 6.07 Å². The molecule has 1 aromatic carbocycles. The maximum absolute atomic E-state index is 12.2. The number of benzene rings is 1. The number of rotatable bonds is 5. The Morgan fingerprint density at radius 2 is 2.00 bits per heavy atom. The zero-order valence-electron chi connectivity index (χ0n) is 15.7. The molecule has 142 valence electrons. The molecule has 0 bridgehead atoms. The van der Waals surface area contributed by atoms with E-state index in [0.29, 0.717) is 5.69 Å². The highest BCUT2D eigenvalue weighted by atomic mass is 16.6. The lowest BCUT2D eigenvalue weighted by Crippen LogP contribution is -2.36. The van der Waals surface area contributed by atoms with E-state index in [1.807, 2.05) is 13.0 Å². The minimum atomic E-state index is -0.770. The number of nitrogens with one attached hydrogen (secondary N) is 2. The predicted octanol–water partition coefficient (Wildman–Crippen LogP) is 2.30. The topological polar surface area (TPSA) is 130 Å². The molecule has 0 saturated carbocycles. The van der Waals surface area contributed by atoms with E-state index in [1.54, 1.807) is 45.0 Å². The minimum Gasteiger partial charge on any atom is -0.461 e. The Morgan fingerprint density at radius 3 is 2.63 bits per heavy atom. The lowest BCUT2D eigenvalue weighted by Gasteiger charge is -2.19. The van der Waals surface area contributed by atoms with Gasteiger partial charge in [-0.05, 0) is 52.0 Å². The fraction of sp³-hybridized carbons (Fsp3) is 0.316. The van der Waals surface area contributed by atoms with E-state index < -0.39 is 17.5 Å². The first-order valence-electron chi connectivity index (χ1n) is 8.26. The number of nitriles is 1. The smallest absolute Gasteiger partial charge is 0.325 e. The van der Waals surface area contributed by atoms with E-state index in [9.17, 15) is 14.9 Å². The van der Waals surface area contributed by atoms with Gasteiger partial charge in [-0.25, -0.2) is 0 Å². The lowest BCUT2D eigenvalue weighted by molar-refractivity contribution is -0.154. The van der Waals surface area contributed by atoms with Gasteiger partial charge in [0.15, 0.2) is 5.57 Å². The number of carbonyl (C=O) groups is 2. The third kappa shape index (κ3) is 5.51. The fourth-order valence-corrected chi connectivity index (χ4v) is 2.32. The fourth-order valence-electron chi connectivity index (χ4n) is 2.32. The lowest BCUT2D eigenvalue weighted by atomic mass is 10.2.